The summed E-state index contributed by atoms with van der Waals surface area (Å²) in [6.07, 6.45) is 2.67. The Hall–Kier alpha value is -0.810. The Morgan fingerprint density at radius 3 is 2.50 bits per heavy atom. The maximum atomic E-state index is 11.5. The number of methoxy groups -OCH3 is 1. The molecule has 0 heterocycles. The van der Waals surface area contributed by atoms with Crippen molar-refractivity contribution in [1.29, 1.82) is 0 Å². The van der Waals surface area contributed by atoms with Crippen molar-refractivity contribution in [3.05, 3.63) is 0 Å². The van der Waals surface area contributed by atoms with Gasteiger partial charge < -0.3 is 20.1 Å². The number of amides is 1. The molecule has 0 aliphatic heterocycles. The van der Waals surface area contributed by atoms with Crippen molar-refractivity contribution in [1.82, 2.24) is 10.6 Å². The molecule has 1 aliphatic carbocycles. The van der Waals surface area contributed by atoms with Gasteiger partial charge in [0.2, 0.25) is 0 Å². The smallest absolute Gasteiger partial charge is 0.407 e. The maximum Gasteiger partial charge on any atom is 0.407 e. The molecule has 5 nitrogen and oxygen atoms in total. The van der Waals surface area contributed by atoms with Crippen molar-refractivity contribution in [2.24, 2.45) is 0 Å². The van der Waals surface area contributed by atoms with Crippen LogP contribution in [0.15, 0.2) is 0 Å². The summed E-state index contributed by atoms with van der Waals surface area (Å²) in [6.45, 7) is 7.37. The molecule has 0 radical (unpaired) electrons. The van der Waals surface area contributed by atoms with Gasteiger partial charge in [-0.05, 0) is 46.6 Å². The Bertz CT molecular complexity index is 257. The highest BCUT2D eigenvalue weighted by molar-refractivity contribution is 5.68. The molecule has 1 aliphatic rings. The van der Waals surface area contributed by atoms with E-state index in [1.807, 2.05) is 20.8 Å². The Balaban J connectivity index is 2.03. The summed E-state index contributed by atoms with van der Waals surface area (Å²) in [5, 5.41) is 6.31. The van der Waals surface area contributed by atoms with Gasteiger partial charge >= 0.3 is 6.09 Å². The van der Waals surface area contributed by atoms with Crippen LogP contribution >= 0.6 is 0 Å². The van der Waals surface area contributed by atoms with E-state index in [0.717, 1.165) is 32.4 Å². The molecule has 2 N–H and O–H groups in total. The predicted molar refractivity (Wildman–Crippen MR) is 70.7 cm³/mol. The molecule has 0 aromatic heterocycles. The number of nitrogens with one attached hydrogen (secondary N) is 2. The van der Waals surface area contributed by atoms with Crippen molar-refractivity contribution in [3.63, 3.8) is 0 Å². The van der Waals surface area contributed by atoms with Crippen LogP contribution in [0.3, 0.4) is 0 Å². The fraction of sp³-hybridized carbons (Fsp3) is 0.923. The lowest BCUT2D eigenvalue weighted by molar-refractivity contribution is 0.0465. The minimum atomic E-state index is -0.425. The Labute approximate surface area is 110 Å². The van der Waals surface area contributed by atoms with Gasteiger partial charge in [0.15, 0.2) is 0 Å². The average molecular weight is 258 g/mol. The summed E-state index contributed by atoms with van der Waals surface area (Å²) in [4.78, 5) is 11.5. The van der Waals surface area contributed by atoms with E-state index in [4.69, 9.17) is 9.47 Å². The molecular weight excluding hydrogens is 232 g/mol. The second-order valence-corrected chi connectivity index (χ2v) is 5.81. The molecule has 0 saturated heterocycles. The topological polar surface area (TPSA) is 59.6 Å². The van der Waals surface area contributed by atoms with E-state index in [2.05, 4.69) is 10.6 Å². The first kappa shape index (κ1) is 15.2. The van der Waals surface area contributed by atoms with E-state index in [9.17, 15) is 4.79 Å². The highest BCUT2D eigenvalue weighted by Crippen LogP contribution is 2.20. The number of carbonyl (C=O) groups excluding carboxylic acids is 1. The van der Waals surface area contributed by atoms with Crippen LogP contribution in [-0.2, 0) is 9.47 Å². The van der Waals surface area contributed by atoms with Crippen LogP contribution in [0.5, 0.6) is 0 Å². The second-order valence-electron chi connectivity index (χ2n) is 5.81. The predicted octanol–water partition coefficient (Wildman–Crippen LogP) is 1.67. The van der Waals surface area contributed by atoms with Crippen molar-refractivity contribution in [3.8, 4) is 0 Å². The second kappa shape index (κ2) is 6.95. The van der Waals surface area contributed by atoms with E-state index in [0.29, 0.717) is 6.04 Å². The molecule has 18 heavy (non-hydrogen) atoms. The zero-order valence-electron chi connectivity index (χ0n) is 11.9. The third-order valence-corrected chi connectivity index (χ3v) is 2.82. The first-order chi connectivity index (χ1) is 8.40. The number of rotatable bonds is 6. The van der Waals surface area contributed by atoms with Gasteiger partial charge in [-0.3, -0.25) is 0 Å². The molecule has 1 fully saturated rings. The third kappa shape index (κ3) is 6.21. The van der Waals surface area contributed by atoms with Crippen LogP contribution in [0.2, 0.25) is 0 Å². The van der Waals surface area contributed by atoms with E-state index >= 15 is 0 Å². The van der Waals surface area contributed by atoms with Crippen LogP contribution in [0.1, 0.15) is 40.0 Å². The molecule has 0 aromatic carbocycles. The lowest BCUT2D eigenvalue weighted by Crippen LogP contribution is -2.53. The molecular formula is C13H26N2O3. The SMILES string of the molecule is COCCCNC1CC(NC(=O)OC(C)(C)C)C1. The number of hydrogen-bond donors (Lipinski definition) is 2. The molecule has 1 amide bonds. The Kier molecular flexibility index (Phi) is 5.88. The van der Waals surface area contributed by atoms with Gasteiger partial charge in [0.05, 0.1) is 0 Å². The molecule has 1 saturated carbocycles. The average Bonchev–Trinajstić information content (AvgIpc) is 2.17. The minimum absolute atomic E-state index is 0.250. The molecule has 1 rings (SSSR count). The van der Waals surface area contributed by atoms with Crippen molar-refractivity contribution >= 4 is 6.09 Å². The zero-order chi connectivity index (χ0) is 13.6. The monoisotopic (exact) mass is 258 g/mol. The summed E-state index contributed by atoms with van der Waals surface area (Å²) in [6, 6.07) is 0.765. The van der Waals surface area contributed by atoms with Gasteiger partial charge in [-0.25, -0.2) is 4.79 Å². The van der Waals surface area contributed by atoms with Crippen molar-refractivity contribution in [2.75, 3.05) is 20.3 Å². The number of ether oxygens (including phenoxy) is 2. The van der Waals surface area contributed by atoms with E-state index in [1.54, 1.807) is 7.11 Å². The molecule has 0 aromatic rings. The molecule has 0 atom stereocenters. The number of alkyl carbamates (subject to hydrolysis) is 1. The fourth-order valence-corrected chi connectivity index (χ4v) is 1.90. The summed E-state index contributed by atoms with van der Waals surface area (Å²) >= 11 is 0. The standard InChI is InChI=1S/C13H26N2O3/c1-13(2,3)18-12(16)15-11-8-10(9-11)14-6-5-7-17-4/h10-11,14H,5-9H2,1-4H3,(H,15,16). The normalized spacial score (nSPS) is 23.3. The van der Waals surface area contributed by atoms with Gasteiger partial charge in [0.1, 0.15) is 5.60 Å². The fourth-order valence-electron chi connectivity index (χ4n) is 1.90. The van der Waals surface area contributed by atoms with E-state index in [-0.39, 0.29) is 12.1 Å². The summed E-state index contributed by atoms with van der Waals surface area (Å²) in [5.41, 5.74) is -0.425. The molecule has 5 heteroatoms. The molecule has 106 valence electrons. The Morgan fingerprint density at radius 1 is 1.28 bits per heavy atom. The van der Waals surface area contributed by atoms with Gasteiger partial charge in [-0.2, -0.15) is 0 Å². The van der Waals surface area contributed by atoms with Crippen molar-refractivity contribution < 1.29 is 14.3 Å². The quantitative estimate of drug-likeness (QED) is 0.712. The first-order valence-electron chi connectivity index (χ1n) is 6.62. The largest absolute Gasteiger partial charge is 0.444 e. The number of carbonyl (C=O) groups is 1. The van der Waals surface area contributed by atoms with Gasteiger partial charge in [-0.1, -0.05) is 0 Å². The van der Waals surface area contributed by atoms with Crippen LogP contribution < -0.4 is 10.6 Å². The minimum Gasteiger partial charge on any atom is -0.444 e. The Morgan fingerprint density at radius 2 is 1.94 bits per heavy atom. The summed E-state index contributed by atoms with van der Waals surface area (Å²) < 4.78 is 10.2. The van der Waals surface area contributed by atoms with E-state index in [1.165, 1.54) is 0 Å². The highest BCUT2D eigenvalue weighted by Gasteiger charge is 2.30. The molecule has 0 spiro atoms. The highest BCUT2D eigenvalue weighted by atomic mass is 16.6. The summed E-state index contributed by atoms with van der Waals surface area (Å²) in [7, 11) is 1.71. The molecule has 0 bridgehead atoms. The first-order valence-corrected chi connectivity index (χ1v) is 6.62. The van der Waals surface area contributed by atoms with E-state index < -0.39 is 5.60 Å². The van der Waals surface area contributed by atoms with Crippen LogP contribution in [0.25, 0.3) is 0 Å². The van der Waals surface area contributed by atoms with Crippen LogP contribution in [0.4, 0.5) is 4.79 Å². The van der Waals surface area contributed by atoms with Crippen LogP contribution in [-0.4, -0.2) is 44.0 Å². The number of hydrogen-bond acceptors (Lipinski definition) is 4. The maximum absolute atomic E-state index is 11.5. The lowest BCUT2D eigenvalue weighted by Gasteiger charge is -2.36. The lowest BCUT2D eigenvalue weighted by atomic mass is 9.87. The van der Waals surface area contributed by atoms with Crippen molar-refractivity contribution in [2.45, 2.75) is 57.7 Å². The van der Waals surface area contributed by atoms with Gasteiger partial charge in [-0.15, -0.1) is 0 Å². The third-order valence-electron chi connectivity index (χ3n) is 2.82. The zero-order valence-corrected chi connectivity index (χ0v) is 11.9. The van der Waals surface area contributed by atoms with Gasteiger partial charge in [0.25, 0.3) is 0 Å². The van der Waals surface area contributed by atoms with Gasteiger partial charge in [0, 0.05) is 25.8 Å². The summed E-state index contributed by atoms with van der Waals surface area (Å²) in [5.74, 6) is 0. The molecule has 0 unspecified atom stereocenters. The van der Waals surface area contributed by atoms with Crippen LogP contribution in [0, 0.1) is 0 Å².